The summed E-state index contributed by atoms with van der Waals surface area (Å²) in [6, 6.07) is 20.1. The van der Waals surface area contributed by atoms with Gasteiger partial charge in [-0.15, -0.1) is 4.40 Å². The van der Waals surface area contributed by atoms with Crippen LogP contribution in [0.1, 0.15) is 15.9 Å². The summed E-state index contributed by atoms with van der Waals surface area (Å²) < 4.78 is 33.2. The van der Waals surface area contributed by atoms with Crippen LogP contribution in [0.2, 0.25) is 0 Å². The number of hydrogen-bond donors (Lipinski definition) is 2. The molecule has 0 atom stereocenters. The predicted octanol–water partition coefficient (Wildman–Crippen LogP) is 3.46. The van der Waals surface area contributed by atoms with Crippen LogP contribution in [-0.2, 0) is 14.8 Å². The fourth-order valence-corrected chi connectivity index (χ4v) is 4.83. The van der Waals surface area contributed by atoms with Gasteiger partial charge < -0.3 is 15.4 Å². The van der Waals surface area contributed by atoms with E-state index in [9.17, 15) is 18.0 Å². The van der Waals surface area contributed by atoms with E-state index in [2.05, 4.69) is 15.0 Å². The molecule has 3 aromatic rings. The quantitative estimate of drug-likeness (QED) is 0.613. The molecule has 10 heteroatoms. The van der Waals surface area contributed by atoms with Gasteiger partial charge in [0.1, 0.15) is 11.5 Å². The summed E-state index contributed by atoms with van der Waals surface area (Å²) in [5, 5.41) is 5.83. The molecule has 0 unspecified atom stereocenters. The number of amides is 2. The topological polar surface area (TPSA) is 117 Å². The molecule has 0 aliphatic carbocycles. The minimum Gasteiger partial charge on any atom is -0.447 e. The predicted molar refractivity (Wildman–Crippen MR) is 123 cm³/mol. The zero-order valence-electron chi connectivity index (χ0n) is 17.2. The number of carbonyl (C=O) groups excluding carboxylic acids is 2. The minimum absolute atomic E-state index is 0.157. The Hall–Kier alpha value is -4.18. The molecule has 0 aromatic heterocycles. The Balaban J connectivity index is 1.32. The van der Waals surface area contributed by atoms with E-state index in [1.54, 1.807) is 66.7 Å². The van der Waals surface area contributed by atoms with Crippen molar-refractivity contribution < 1.29 is 22.7 Å². The van der Waals surface area contributed by atoms with E-state index in [1.807, 2.05) is 0 Å². The number of para-hydroxylation sites is 2. The van der Waals surface area contributed by atoms with Gasteiger partial charge in [0.25, 0.3) is 15.9 Å². The first-order chi connectivity index (χ1) is 15.9. The highest BCUT2D eigenvalue weighted by Crippen LogP contribution is 2.29. The minimum atomic E-state index is -3.72. The Labute approximate surface area is 189 Å². The number of carbonyl (C=O) groups is 2. The summed E-state index contributed by atoms with van der Waals surface area (Å²) in [6.45, 7) is 0.710. The van der Waals surface area contributed by atoms with Crippen LogP contribution in [0.3, 0.4) is 0 Å². The third-order valence-corrected chi connectivity index (χ3v) is 6.58. The highest BCUT2D eigenvalue weighted by Gasteiger charge is 2.28. The van der Waals surface area contributed by atoms with Gasteiger partial charge in [0.05, 0.1) is 17.9 Å². The molecule has 0 radical (unpaired) electrons. The summed E-state index contributed by atoms with van der Waals surface area (Å²) in [7, 11) is -3.72. The van der Waals surface area contributed by atoms with Crippen molar-refractivity contribution in [1.82, 2.24) is 0 Å². The number of benzene rings is 3. The summed E-state index contributed by atoms with van der Waals surface area (Å²) in [5.41, 5.74) is 2.52. The molecule has 0 saturated carbocycles. The maximum Gasteiger partial charge on any atom is 0.414 e. The molecule has 2 aliphatic heterocycles. The molecular weight excluding hydrogens is 444 g/mol. The highest BCUT2D eigenvalue weighted by molar-refractivity contribution is 7.90. The lowest BCUT2D eigenvalue weighted by Gasteiger charge is -2.17. The lowest BCUT2D eigenvalue weighted by atomic mass is 10.1. The molecule has 5 rings (SSSR count). The van der Waals surface area contributed by atoms with Crippen LogP contribution in [0.15, 0.2) is 82.1 Å². The number of anilines is 3. The molecule has 9 nitrogen and oxygen atoms in total. The maximum atomic E-state index is 12.8. The van der Waals surface area contributed by atoms with Crippen LogP contribution in [0, 0.1) is 0 Å². The second-order valence-corrected chi connectivity index (χ2v) is 8.92. The summed E-state index contributed by atoms with van der Waals surface area (Å²) in [5.74, 6) is -0.123. The van der Waals surface area contributed by atoms with Crippen LogP contribution >= 0.6 is 0 Å². The molecule has 2 amide bonds. The zero-order valence-corrected chi connectivity index (χ0v) is 18.0. The van der Waals surface area contributed by atoms with Gasteiger partial charge in [0.2, 0.25) is 0 Å². The van der Waals surface area contributed by atoms with Crippen molar-refractivity contribution in [3.63, 3.8) is 0 Å². The number of nitrogens with zero attached hydrogens (tertiary/aromatic N) is 2. The van der Waals surface area contributed by atoms with Crippen molar-refractivity contribution in [2.75, 3.05) is 28.7 Å². The lowest BCUT2D eigenvalue weighted by molar-refractivity contribution is 0.102. The standard InChI is InChI=1S/C23H18N4O5S/c28-22(25-18-6-2-3-7-19(18)27-13-14-32-23(27)29)15-9-11-16(12-10-15)24-21-17-5-1-4-8-20(17)33(30,31)26-21/h1-12H,13-14H2,(H,24,26)(H,25,28). The van der Waals surface area contributed by atoms with Crippen molar-refractivity contribution in [2.45, 2.75) is 4.90 Å². The molecule has 1 fully saturated rings. The fraction of sp³-hybridized carbons (Fsp3) is 0.0870. The monoisotopic (exact) mass is 462 g/mol. The summed E-state index contributed by atoms with van der Waals surface area (Å²) >= 11 is 0. The average Bonchev–Trinajstić information content (AvgIpc) is 3.35. The smallest absolute Gasteiger partial charge is 0.414 e. The number of hydrogen-bond acceptors (Lipinski definition) is 6. The molecule has 166 valence electrons. The first-order valence-corrected chi connectivity index (χ1v) is 11.5. The van der Waals surface area contributed by atoms with E-state index < -0.39 is 16.1 Å². The van der Waals surface area contributed by atoms with Gasteiger partial charge >= 0.3 is 6.09 Å². The Morgan fingerprint density at radius 2 is 1.70 bits per heavy atom. The molecule has 0 spiro atoms. The van der Waals surface area contributed by atoms with Gasteiger partial charge in [-0.1, -0.05) is 24.3 Å². The van der Waals surface area contributed by atoms with E-state index in [-0.39, 0.29) is 16.6 Å². The highest BCUT2D eigenvalue weighted by atomic mass is 32.2. The molecule has 2 heterocycles. The van der Waals surface area contributed by atoms with Gasteiger partial charge in [-0.25, -0.2) is 4.79 Å². The summed E-state index contributed by atoms with van der Waals surface area (Å²) in [4.78, 5) is 26.3. The van der Waals surface area contributed by atoms with Crippen molar-refractivity contribution in [1.29, 1.82) is 0 Å². The molecule has 2 aliphatic rings. The van der Waals surface area contributed by atoms with E-state index in [0.29, 0.717) is 41.3 Å². The normalized spacial score (nSPS) is 16.1. The fourth-order valence-electron chi connectivity index (χ4n) is 3.66. The second-order valence-electron chi connectivity index (χ2n) is 7.35. The molecule has 2 N–H and O–H groups in total. The largest absolute Gasteiger partial charge is 0.447 e. The van der Waals surface area contributed by atoms with E-state index >= 15 is 0 Å². The molecular formula is C23H18N4O5S. The Kier molecular flexibility index (Phi) is 5.06. The number of sulfonamides is 1. The van der Waals surface area contributed by atoms with Gasteiger partial charge in [0, 0.05) is 16.8 Å². The Morgan fingerprint density at radius 1 is 0.970 bits per heavy atom. The van der Waals surface area contributed by atoms with E-state index in [1.165, 1.54) is 11.0 Å². The Bertz CT molecular complexity index is 1400. The molecule has 33 heavy (non-hydrogen) atoms. The number of fused-ring (bicyclic) bond motifs is 1. The lowest BCUT2D eigenvalue weighted by Crippen LogP contribution is -2.25. The molecule has 1 saturated heterocycles. The second kappa shape index (κ2) is 8.06. The average molecular weight is 462 g/mol. The van der Waals surface area contributed by atoms with Crippen LogP contribution < -0.4 is 15.5 Å². The number of nitrogens with one attached hydrogen (secondary N) is 2. The van der Waals surface area contributed by atoms with Crippen molar-refractivity contribution in [2.24, 2.45) is 4.40 Å². The van der Waals surface area contributed by atoms with E-state index in [4.69, 9.17) is 4.74 Å². The number of rotatable bonds is 4. The third-order valence-electron chi connectivity index (χ3n) is 5.25. The van der Waals surface area contributed by atoms with Gasteiger partial charge in [-0.3, -0.25) is 9.69 Å². The molecule has 3 aromatic carbocycles. The maximum absolute atomic E-state index is 12.8. The summed E-state index contributed by atoms with van der Waals surface area (Å²) in [6.07, 6.45) is -0.453. The number of ether oxygens (including phenoxy) is 1. The first kappa shape index (κ1) is 20.7. The van der Waals surface area contributed by atoms with Crippen LogP contribution in [0.5, 0.6) is 0 Å². The number of cyclic esters (lactones) is 1. The van der Waals surface area contributed by atoms with Gasteiger partial charge in [-0.05, 0) is 48.5 Å². The van der Waals surface area contributed by atoms with Crippen LogP contribution in [0.4, 0.5) is 21.9 Å². The third kappa shape index (κ3) is 3.92. The molecule has 0 bridgehead atoms. The zero-order chi connectivity index (χ0) is 23.0. The van der Waals surface area contributed by atoms with Gasteiger partial charge in [0.15, 0.2) is 5.84 Å². The van der Waals surface area contributed by atoms with Crippen molar-refractivity contribution >= 4 is 44.9 Å². The van der Waals surface area contributed by atoms with Crippen LogP contribution in [0.25, 0.3) is 0 Å². The van der Waals surface area contributed by atoms with Crippen LogP contribution in [-0.4, -0.2) is 39.4 Å². The SMILES string of the molecule is O=C(Nc1ccccc1N1CCOC1=O)c1ccc(NC2=NS(=O)(=O)c3ccccc32)cc1. The van der Waals surface area contributed by atoms with Gasteiger partial charge in [-0.2, -0.15) is 8.42 Å². The van der Waals surface area contributed by atoms with Crippen molar-refractivity contribution in [3.05, 3.63) is 83.9 Å². The first-order valence-electron chi connectivity index (χ1n) is 10.1. The number of amidine groups is 1. The van der Waals surface area contributed by atoms with Crippen molar-refractivity contribution in [3.8, 4) is 0 Å². The Morgan fingerprint density at radius 3 is 2.45 bits per heavy atom. The van der Waals surface area contributed by atoms with E-state index in [0.717, 1.165) is 0 Å².